The molecule has 0 aliphatic heterocycles. The maximum Gasteiger partial charge on any atom is 0.171 e. The van der Waals surface area contributed by atoms with Gasteiger partial charge in [0.2, 0.25) is 0 Å². The van der Waals surface area contributed by atoms with Crippen LogP contribution in [0.2, 0.25) is 0 Å². The summed E-state index contributed by atoms with van der Waals surface area (Å²) in [5.74, 6) is 0.835. The molecule has 0 unspecified atom stereocenters. The molecular formula is C23H24N2OS. The molecule has 138 valence electrons. The topological polar surface area (TPSA) is 33.3 Å². The first kappa shape index (κ1) is 18.9. The molecule has 0 spiro atoms. The lowest BCUT2D eigenvalue weighted by Gasteiger charge is -2.23. The summed E-state index contributed by atoms with van der Waals surface area (Å²) in [6.45, 7) is 4.15. The molecule has 3 aromatic rings. The second kappa shape index (κ2) is 8.69. The van der Waals surface area contributed by atoms with Gasteiger partial charge in [0.15, 0.2) is 5.11 Å². The van der Waals surface area contributed by atoms with Crippen LogP contribution in [0.25, 0.3) is 0 Å². The quantitative estimate of drug-likeness (QED) is 0.585. The molecule has 0 fully saturated rings. The van der Waals surface area contributed by atoms with Gasteiger partial charge in [-0.2, -0.15) is 0 Å². The summed E-state index contributed by atoms with van der Waals surface area (Å²) in [6, 6.07) is 24.6. The third-order valence-corrected chi connectivity index (χ3v) is 4.72. The molecule has 3 aromatic carbocycles. The van der Waals surface area contributed by atoms with Crippen LogP contribution in [0.4, 0.5) is 5.69 Å². The first-order chi connectivity index (χ1) is 13.1. The van der Waals surface area contributed by atoms with E-state index >= 15 is 0 Å². The third kappa shape index (κ3) is 4.86. The summed E-state index contributed by atoms with van der Waals surface area (Å²) in [4.78, 5) is 0. The van der Waals surface area contributed by atoms with Crippen LogP contribution in [0.3, 0.4) is 0 Å². The minimum absolute atomic E-state index is 0.0535. The van der Waals surface area contributed by atoms with Crippen molar-refractivity contribution in [3.63, 3.8) is 0 Å². The summed E-state index contributed by atoms with van der Waals surface area (Å²) >= 11 is 5.62. The Morgan fingerprint density at radius 1 is 0.889 bits per heavy atom. The molecule has 2 N–H and O–H groups in total. The zero-order valence-electron chi connectivity index (χ0n) is 15.8. The van der Waals surface area contributed by atoms with E-state index in [1.54, 1.807) is 7.11 Å². The second-order valence-electron chi connectivity index (χ2n) is 6.53. The molecule has 0 aliphatic rings. The maximum absolute atomic E-state index is 5.62. The van der Waals surface area contributed by atoms with Crippen molar-refractivity contribution < 1.29 is 4.74 Å². The van der Waals surface area contributed by atoms with Gasteiger partial charge in [-0.1, -0.05) is 54.6 Å². The summed E-state index contributed by atoms with van der Waals surface area (Å²) in [6.07, 6.45) is 0. The van der Waals surface area contributed by atoms with E-state index in [0.29, 0.717) is 5.11 Å². The number of methoxy groups -OCH3 is 1. The summed E-state index contributed by atoms with van der Waals surface area (Å²) in [5, 5.41) is 7.39. The zero-order valence-corrected chi connectivity index (χ0v) is 16.6. The highest BCUT2D eigenvalue weighted by Gasteiger charge is 2.15. The molecule has 3 rings (SSSR count). The predicted octanol–water partition coefficient (Wildman–Crippen LogP) is 5.39. The summed E-state index contributed by atoms with van der Waals surface area (Å²) < 4.78 is 5.28. The maximum atomic E-state index is 5.62. The zero-order chi connectivity index (χ0) is 19.2. The van der Waals surface area contributed by atoms with Crippen molar-refractivity contribution in [3.8, 4) is 5.75 Å². The highest BCUT2D eigenvalue weighted by atomic mass is 32.1. The summed E-state index contributed by atoms with van der Waals surface area (Å²) in [5.41, 5.74) is 5.64. The van der Waals surface area contributed by atoms with Crippen LogP contribution in [0.15, 0.2) is 72.8 Å². The van der Waals surface area contributed by atoms with Crippen LogP contribution < -0.4 is 15.4 Å². The first-order valence-corrected chi connectivity index (χ1v) is 9.31. The molecule has 1 atom stereocenters. The van der Waals surface area contributed by atoms with Gasteiger partial charge in [0, 0.05) is 5.69 Å². The average molecular weight is 377 g/mol. The van der Waals surface area contributed by atoms with Crippen molar-refractivity contribution in [3.05, 3.63) is 95.1 Å². The van der Waals surface area contributed by atoms with Crippen molar-refractivity contribution in [1.29, 1.82) is 0 Å². The lowest BCUT2D eigenvalue weighted by atomic mass is 9.99. The summed E-state index contributed by atoms with van der Waals surface area (Å²) in [7, 11) is 1.67. The van der Waals surface area contributed by atoms with Crippen molar-refractivity contribution >= 4 is 23.0 Å². The Balaban J connectivity index is 1.84. The van der Waals surface area contributed by atoms with E-state index in [0.717, 1.165) is 28.1 Å². The standard InChI is InChI=1S/C23H24N2OS/c1-16-9-10-17(2)21(15-16)24-23(27)25-22(18-7-5-4-6-8-18)19-11-13-20(26-3)14-12-19/h4-15,22H,1-3H3,(H2,24,25,27)/t22-/m1/s1. The highest BCUT2D eigenvalue weighted by molar-refractivity contribution is 7.80. The molecule has 0 radical (unpaired) electrons. The minimum atomic E-state index is -0.0535. The van der Waals surface area contributed by atoms with Crippen LogP contribution in [0.1, 0.15) is 28.3 Å². The minimum Gasteiger partial charge on any atom is -0.497 e. The number of rotatable bonds is 5. The van der Waals surface area contributed by atoms with E-state index in [1.807, 2.05) is 30.3 Å². The second-order valence-corrected chi connectivity index (χ2v) is 6.94. The van der Waals surface area contributed by atoms with Crippen LogP contribution in [-0.2, 0) is 0 Å². The number of aryl methyl sites for hydroxylation is 2. The average Bonchev–Trinajstić information content (AvgIpc) is 2.70. The Bertz CT molecular complexity index is 907. The van der Waals surface area contributed by atoms with E-state index in [9.17, 15) is 0 Å². The van der Waals surface area contributed by atoms with Crippen LogP contribution in [-0.4, -0.2) is 12.2 Å². The molecule has 0 saturated heterocycles. The SMILES string of the molecule is COc1ccc([C@H](NC(=S)Nc2cc(C)ccc2C)c2ccccc2)cc1. The molecule has 3 nitrogen and oxygen atoms in total. The fourth-order valence-electron chi connectivity index (χ4n) is 2.96. The van der Waals surface area contributed by atoms with Crippen molar-refractivity contribution in [2.45, 2.75) is 19.9 Å². The number of anilines is 1. The van der Waals surface area contributed by atoms with Gasteiger partial charge >= 0.3 is 0 Å². The van der Waals surface area contributed by atoms with Crippen LogP contribution in [0, 0.1) is 13.8 Å². The molecule has 0 heterocycles. The van der Waals surface area contributed by atoms with E-state index < -0.39 is 0 Å². The van der Waals surface area contributed by atoms with Crippen molar-refractivity contribution in [2.75, 3.05) is 12.4 Å². The Labute approximate surface area is 166 Å². The molecular weight excluding hydrogens is 352 g/mol. The van der Waals surface area contributed by atoms with Gasteiger partial charge < -0.3 is 15.4 Å². The molecule has 0 saturated carbocycles. The largest absolute Gasteiger partial charge is 0.497 e. The normalized spacial score (nSPS) is 11.5. The number of ether oxygens (including phenoxy) is 1. The number of hydrogen-bond donors (Lipinski definition) is 2. The molecule has 0 bridgehead atoms. The highest BCUT2D eigenvalue weighted by Crippen LogP contribution is 2.25. The molecule has 27 heavy (non-hydrogen) atoms. The molecule has 4 heteroatoms. The van der Waals surface area contributed by atoms with E-state index in [-0.39, 0.29) is 6.04 Å². The number of nitrogens with one attached hydrogen (secondary N) is 2. The lowest BCUT2D eigenvalue weighted by Crippen LogP contribution is -2.33. The van der Waals surface area contributed by atoms with Gasteiger partial charge in [-0.3, -0.25) is 0 Å². The van der Waals surface area contributed by atoms with Gasteiger partial charge in [-0.05, 0) is 66.5 Å². The van der Waals surface area contributed by atoms with E-state index in [1.165, 1.54) is 5.56 Å². The van der Waals surface area contributed by atoms with Crippen LogP contribution in [0.5, 0.6) is 5.75 Å². The van der Waals surface area contributed by atoms with Crippen molar-refractivity contribution in [2.24, 2.45) is 0 Å². The molecule has 0 aromatic heterocycles. The predicted molar refractivity (Wildman–Crippen MR) is 117 cm³/mol. The Morgan fingerprint density at radius 2 is 1.56 bits per heavy atom. The van der Waals surface area contributed by atoms with Gasteiger partial charge in [-0.15, -0.1) is 0 Å². The molecule has 0 aliphatic carbocycles. The van der Waals surface area contributed by atoms with Crippen molar-refractivity contribution in [1.82, 2.24) is 5.32 Å². The number of hydrogen-bond acceptors (Lipinski definition) is 2. The first-order valence-electron chi connectivity index (χ1n) is 8.90. The third-order valence-electron chi connectivity index (χ3n) is 4.50. The smallest absolute Gasteiger partial charge is 0.171 e. The Kier molecular flexibility index (Phi) is 6.09. The Hall–Kier alpha value is -2.85. The fraction of sp³-hybridized carbons (Fsp3) is 0.174. The van der Waals surface area contributed by atoms with Crippen LogP contribution >= 0.6 is 12.2 Å². The van der Waals surface area contributed by atoms with Gasteiger partial charge in [-0.25, -0.2) is 0 Å². The van der Waals surface area contributed by atoms with Gasteiger partial charge in [0.05, 0.1) is 13.2 Å². The Morgan fingerprint density at radius 3 is 2.22 bits per heavy atom. The molecule has 0 amide bonds. The fourth-order valence-corrected chi connectivity index (χ4v) is 3.19. The van der Waals surface area contributed by atoms with Gasteiger partial charge in [0.25, 0.3) is 0 Å². The monoisotopic (exact) mass is 376 g/mol. The lowest BCUT2D eigenvalue weighted by molar-refractivity contribution is 0.414. The van der Waals surface area contributed by atoms with Gasteiger partial charge in [0.1, 0.15) is 5.75 Å². The van der Waals surface area contributed by atoms with E-state index in [4.69, 9.17) is 17.0 Å². The number of benzene rings is 3. The van der Waals surface area contributed by atoms with E-state index in [2.05, 4.69) is 66.9 Å². The number of thiocarbonyl (C=S) groups is 1.